The van der Waals surface area contributed by atoms with Crippen LogP contribution in [0.3, 0.4) is 0 Å². The Bertz CT molecular complexity index is 399. The number of nitrogen functional groups attached to an aromatic ring is 1. The predicted molar refractivity (Wildman–Crippen MR) is 66.7 cm³/mol. The van der Waals surface area contributed by atoms with Gasteiger partial charge in [0.05, 0.1) is 5.69 Å². The summed E-state index contributed by atoms with van der Waals surface area (Å²) in [5.74, 6) is 1.79. The summed E-state index contributed by atoms with van der Waals surface area (Å²) in [4.78, 5) is 6.94. The molecule has 1 saturated heterocycles. The van der Waals surface area contributed by atoms with Crippen molar-refractivity contribution in [3.8, 4) is 0 Å². The third-order valence-electron chi connectivity index (χ3n) is 4.19. The van der Waals surface area contributed by atoms with E-state index >= 15 is 0 Å². The van der Waals surface area contributed by atoms with E-state index in [4.69, 9.17) is 10.2 Å². The van der Waals surface area contributed by atoms with E-state index in [1.54, 1.807) is 0 Å². The lowest BCUT2D eigenvalue weighted by atomic mass is 9.79. The maximum atomic E-state index is 5.65. The Labute approximate surface area is 102 Å². The highest BCUT2D eigenvalue weighted by Gasteiger charge is 2.37. The van der Waals surface area contributed by atoms with Crippen LogP contribution in [0.15, 0.2) is 4.42 Å². The van der Waals surface area contributed by atoms with Crippen LogP contribution in [0.1, 0.15) is 37.6 Å². The zero-order valence-electron chi connectivity index (χ0n) is 10.5. The van der Waals surface area contributed by atoms with Crippen molar-refractivity contribution in [2.24, 2.45) is 5.92 Å². The Morgan fingerprint density at radius 2 is 2.35 bits per heavy atom. The zero-order valence-corrected chi connectivity index (χ0v) is 10.5. The number of likely N-dealkylation sites (tertiary alicyclic amines) is 1. The second-order valence-corrected chi connectivity index (χ2v) is 5.34. The fourth-order valence-electron chi connectivity index (χ4n) is 3.47. The maximum absolute atomic E-state index is 5.65. The van der Waals surface area contributed by atoms with E-state index in [0.29, 0.717) is 12.1 Å². The van der Waals surface area contributed by atoms with Gasteiger partial charge in [-0.05, 0) is 44.7 Å². The van der Waals surface area contributed by atoms with Crippen LogP contribution in [0.2, 0.25) is 0 Å². The predicted octanol–water partition coefficient (Wildman–Crippen LogP) is 1.85. The minimum atomic E-state index is 0.343. The lowest BCUT2D eigenvalue weighted by molar-refractivity contribution is 0.0800. The van der Waals surface area contributed by atoms with Crippen LogP contribution in [0.5, 0.6) is 0 Å². The molecule has 1 aliphatic heterocycles. The summed E-state index contributed by atoms with van der Waals surface area (Å²) in [6.45, 7) is 4.71. The highest BCUT2D eigenvalue weighted by molar-refractivity contribution is 5.24. The van der Waals surface area contributed by atoms with Crippen molar-refractivity contribution in [1.82, 2.24) is 9.88 Å². The number of piperidine rings is 1. The molecule has 1 aromatic heterocycles. The van der Waals surface area contributed by atoms with Crippen molar-refractivity contribution in [3.63, 3.8) is 0 Å². The van der Waals surface area contributed by atoms with Crippen molar-refractivity contribution in [2.75, 3.05) is 18.8 Å². The van der Waals surface area contributed by atoms with Gasteiger partial charge in [-0.2, -0.15) is 4.98 Å². The molecule has 17 heavy (non-hydrogen) atoms. The highest BCUT2D eigenvalue weighted by Crippen LogP contribution is 2.35. The molecule has 1 aliphatic carbocycles. The number of nitrogens with two attached hydrogens (primary N) is 1. The first-order valence-electron chi connectivity index (χ1n) is 6.76. The lowest BCUT2D eigenvalue weighted by Gasteiger charge is -2.43. The SMILES string of the molecule is CCCN1CCCC2Cc3nc(N)oc3CC21. The Morgan fingerprint density at radius 1 is 1.47 bits per heavy atom. The van der Waals surface area contributed by atoms with E-state index in [9.17, 15) is 0 Å². The van der Waals surface area contributed by atoms with Crippen molar-refractivity contribution >= 4 is 6.01 Å². The van der Waals surface area contributed by atoms with Crippen molar-refractivity contribution in [3.05, 3.63) is 11.5 Å². The Balaban J connectivity index is 1.83. The standard InChI is InChI=1S/C13H21N3O/c1-2-5-16-6-3-4-9-7-10-12(8-11(9)16)17-13(14)15-10/h9,11H,2-8H2,1H3,(H2,14,15). The molecule has 0 bridgehead atoms. The van der Waals surface area contributed by atoms with Gasteiger partial charge < -0.3 is 10.2 Å². The molecule has 1 aromatic rings. The topological polar surface area (TPSA) is 55.3 Å². The van der Waals surface area contributed by atoms with Crippen LogP contribution in [0.4, 0.5) is 6.01 Å². The molecule has 2 unspecified atom stereocenters. The molecule has 0 radical (unpaired) electrons. The largest absolute Gasteiger partial charge is 0.429 e. The van der Waals surface area contributed by atoms with Gasteiger partial charge in [-0.1, -0.05) is 6.92 Å². The number of rotatable bonds is 2. The van der Waals surface area contributed by atoms with Gasteiger partial charge in [0.15, 0.2) is 0 Å². The molecular formula is C13H21N3O. The molecule has 0 spiro atoms. The molecule has 2 atom stereocenters. The normalized spacial score (nSPS) is 28.8. The third kappa shape index (κ3) is 1.95. The van der Waals surface area contributed by atoms with E-state index in [1.807, 2.05) is 0 Å². The Kier molecular flexibility index (Phi) is 2.82. The van der Waals surface area contributed by atoms with Crippen LogP contribution in [0.25, 0.3) is 0 Å². The third-order valence-corrected chi connectivity index (χ3v) is 4.19. The molecule has 94 valence electrons. The molecule has 0 amide bonds. The smallest absolute Gasteiger partial charge is 0.292 e. The van der Waals surface area contributed by atoms with Crippen molar-refractivity contribution < 1.29 is 4.42 Å². The minimum Gasteiger partial charge on any atom is -0.429 e. The van der Waals surface area contributed by atoms with E-state index in [-0.39, 0.29) is 0 Å². The van der Waals surface area contributed by atoms with Gasteiger partial charge >= 0.3 is 0 Å². The van der Waals surface area contributed by atoms with Crippen molar-refractivity contribution in [2.45, 2.75) is 45.1 Å². The molecule has 2 N–H and O–H groups in total. The van der Waals surface area contributed by atoms with Crippen molar-refractivity contribution in [1.29, 1.82) is 0 Å². The van der Waals surface area contributed by atoms with Crippen LogP contribution in [0, 0.1) is 5.92 Å². The number of nitrogens with zero attached hydrogens (tertiary/aromatic N) is 2. The van der Waals surface area contributed by atoms with Gasteiger partial charge in [-0.3, -0.25) is 4.90 Å². The van der Waals surface area contributed by atoms with Gasteiger partial charge in [0.2, 0.25) is 0 Å². The molecule has 3 rings (SSSR count). The molecule has 4 nitrogen and oxygen atoms in total. The first-order valence-corrected chi connectivity index (χ1v) is 6.76. The van der Waals surface area contributed by atoms with Crippen LogP contribution in [-0.2, 0) is 12.8 Å². The summed E-state index contributed by atoms with van der Waals surface area (Å²) in [6, 6.07) is 0.999. The number of oxazole rings is 1. The summed E-state index contributed by atoms with van der Waals surface area (Å²) >= 11 is 0. The van der Waals surface area contributed by atoms with Crippen LogP contribution < -0.4 is 5.73 Å². The number of hydrogen-bond donors (Lipinski definition) is 1. The fraction of sp³-hybridized carbons (Fsp3) is 0.769. The number of hydrogen-bond acceptors (Lipinski definition) is 4. The quantitative estimate of drug-likeness (QED) is 0.850. The Hall–Kier alpha value is -1.03. The first kappa shape index (κ1) is 11.1. The van der Waals surface area contributed by atoms with Gasteiger partial charge in [-0.15, -0.1) is 0 Å². The van der Waals surface area contributed by atoms with Gasteiger partial charge in [0.1, 0.15) is 5.76 Å². The summed E-state index contributed by atoms with van der Waals surface area (Å²) in [6.07, 6.45) is 5.95. The average molecular weight is 235 g/mol. The fourth-order valence-corrected chi connectivity index (χ4v) is 3.47. The molecule has 2 heterocycles. The molecular weight excluding hydrogens is 214 g/mol. The molecule has 0 saturated carbocycles. The number of aromatic nitrogens is 1. The summed E-state index contributed by atoms with van der Waals surface area (Å²) < 4.78 is 5.52. The molecule has 1 fully saturated rings. The van der Waals surface area contributed by atoms with Crippen LogP contribution >= 0.6 is 0 Å². The van der Waals surface area contributed by atoms with E-state index in [0.717, 1.165) is 30.2 Å². The van der Waals surface area contributed by atoms with E-state index < -0.39 is 0 Å². The zero-order chi connectivity index (χ0) is 11.8. The second-order valence-electron chi connectivity index (χ2n) is 5.34. The highest BCUT2D eigenvalue weighted by atomic mass is 16.4. The van der Waals surface area contributed by atoms with E-state index in [2.05, 4.69) is 16.8 Å². The van der Waals surface area contributed by atoms with Gasteiger partial charge in [-0.25, -0.2) is 0 Å². The summed E-state index contributed by atoms with van der Waals surface area (Å²) in [5.41, 5.74) is 6.76. The van der Waals surface area contributed by atoms with Crippen LogP contribution in [-0.4, -0.2) is 29.0 Å². The van der Waals surface area contributed by atoms with Gasteiger partial charge in [0.25, 0.3) is 6.01 Å². The monoisotopic (exact) mass is 235 g/mol. The molecule has 4 heteroatoms. The second kappa shape index (κ2) is 4.33. The average Bonchev–Trinajstić information content (AvgIpc) is 2.66. The first-order chi connectivity index (χ1) is 8.28. The summed E-state index contributed by atoms with van der Waals surface area (Å²) in [7, 11) is 0. The summed E-state index contributed by atoms with van der Waals surface area (Å²) in [5, 5.41) is 0. The molecule has 0 aromatic carbocycles. The molecule has 2 aliphatic rings. The minimum absolute atomic E-state index is 0.343. The Morgan fingerprint density at radius 3 is 3.18 bits per heavy atom. The van der Waals surface area contributed by atoms with E-state index in [1.165, 1.54) is 32.4 Å². The maximum Gasteiger partial charge on any atom is 0.292 e. The number of fused-ring (bicyclic) bond motifs is 2. The van der Waals surface area contributed by atoms with Gasteiger partial charge in [0, 0.05) is 12.5 Å². The number of anilines is 1. The lowest BCUT2D eigenvalue weighted by Crippen LogP contribution is -2.49.